The molecular formula is C7H9BrN2O. The molecule has 11 heavy (non-hydrogen) atoms. The molecule has 0 spiro atoms. The number of hydrogen-bond acceptors (Lipinski definition) is 2. The smallest absolute Gasteiger partial charge is 0.169 e. The van der Waals surface area contributed by atoms with Crippen LogP contribution in [-0.4, -0.2) is 16.1 Å². The highest BCUT2D eigenvalue weighted by Crippen LogP contribution is 2.19. The van der Waals surface area contributed by atoms with Gasteiger partial charge in [-0.3, -0.25) is 9.48 Å². The second-order valence-electron chi connectivity index (χ2n) is 2.24. The number of nitrogens with zero attached hydrogens (tertiary/aromatic N) is 2. The molecule has 0 unspecified atom stereocenters. The molecule has 4 heteroatoms. The monoisotopic (exact) mass is 216 g/mol. The van der Waals surface area contributed by atoms with Gasteiger partial charge in [0, 0.05) is 7.05 Å². The standard InChI is InChI=1S/C7H9BrN2O/c1-3-5-7(8)6(4-11)10(2)9-5/h4H,3H2,1-2H3. The molecule has 0 atom stereocenters. The average Bonchev–Trinajstić information content (AvgIpc) is 2.26. The number of hydrogen-bond donors (Lipinski definition) is 0. The van der Waals surface area contributed by atoms with Gasteiger partial charge in [-0.25, -0.2) is 0 Å². The van der Waals surface area contributed by atoms with Crippen molar-refractivity contribution in [3.05, 3.63) is 15.9 Å². The van der Waals surface area contributed by atoms with Gasteiger partial charge in [-0.2, -0.15) is 5.10 Å². The van der Waals surface area contributed by atoms with E-state index in [9.17, 15) is 4.79 Å². The maximum atomic E-state index is 10.5. The quantitative estimate of drug-likeness (QED) is 0.704. The van der Waals surface area contributed by atoms with Crippen molar-refractivity contribution in [1.29, 1.82) is 0 Å². The molecule has 0 fully saturated rings. The van der Waals surface area contributed by atoms with Crippen LogP contribution in [0.5, 0.6) is 0 Å². The Kier molecular flexibility index (Phi) is 2.44. The van der Waals surface area contributed by atoms with Gasteiger partial charge < -0.3 is 0 Å². The summed E-state index contributed by atoms with van der Waals surface area (Å²) in [7, 11) is 1.76. The Morgan fingerprint density at radius 1 is 1.73 bits per heavy atom. The van der Waals surface area contributed by atoms with Crippen LogP contribution in [0.15, 0.2) is 4.47 Å². The minimum Gasteiger partial charge on any atom is -0.296 e. The van der Waals surface area contributed by atoms with E-state index in [1.54, 1.807) is 11.7 Å². The van der Waals surface area contributed by atoms with Crippen LogP contribution < -0.4 is 0 Å². The van der Waals surface area contributed by atoms with Gasteiger partial charge in [0.1, 0.15) is 5.69 Å². The third-order valence-electron chi connectivity index (χ3n) is 1.54. The highest BCUT2D eigenvalue weighted by molar-refractivity contribution is 9.10. The molecule has 0 radical (unpaired) electrons. The SMILES string of the molecule is CCc1nn(C)c(C=O)c1Br. The van der Waals surface area contributed by atoms with Crippen LogP contribution >= 0.6 is 15.9 Å². The summed E-state index contributed by atoms with van der Waals surface area (Å²) >= 11 is 3.31. The summed E-state index contributed by atoms with van der Waals surface area (Å²) in [5, 5.41) is 4.14. The van der Waals surface area contributed by atoms with Gasteiger partial charge in [0.15, 0.2) is 6.29 Å². The van der Waals surface area contributed by atoms with Crippen LogP contribution in [-0.2, 0) is 13.5 Å². The minimum absolute atomic E-state index is 0.599. The molecular weight excluding hydrogens is 208 g/mol. The highest BCUT2D eigenvalue weighted by Gasteiger charge is 2.10. The molecule has 3 nitrogen and oxygen atoms in total. The van der Waals surface area contributed by atoms with Gasteiger partial charge in [0.2, 0.25) is 0 Å². The molecule has 60 valence electrons. The molecule has 0 N–H and O–H groups in total. The Morgan fingerprint density at radius 2 is 2.36 bits per heavy atom. The summed E-state index contributed by atoms with van der Waals surface area (Å²) in [6.07, 6.45) is 1.64. The molecule has 0 bridgehead atoms. The van der Waals surface area contributed by atoms with Gasteiger partial charge in [0.05, 0.1) is 10.2 Å². The number of aryl methyl sites for hydroxylation is 2. The van der Waals surface area contributed by atoms with Crippen LogP contribution in [0.4, 0.5) is 0 Å². The van der Waals surface area contributed by atoms with Gasteiger partial charge in [0.25, 0.3) is 0 Å². The molecule has 0 saturated carbocycles. The number of aldehydes is 1. The van der Waals surface area contributed by atoms with Crippen molar-refractivity contribution in [2.75, 3.05) is 0 Å². The second kappa shape index (κ2) is 3.17. The van der Waals surface area contributed by atoms with Gasteiger partial charge in [-0.05, 0) is 22.4 Å². The van der Waals surface area contributed by atoms with Crippen molar-refractivity contribution < 1.29 is 4.79 Å². The van der Waals surface area contributed by atoms with Crippen molar-refractivity contribution in [2.45, 2.75) is 13.3 Å². The average molecular weight is 217 g/mol. The van der Waals surface area contributed by atoms with E-state index < -0.39 is 0 Å². The van der Waals surface area contributed by atoms with E-state index in [0.717, 1.165) is 22.9 Å². The van der Waals surface area contributed by atoms with Crippen LogP contribution in [0.25, 0.3) is 0 Å². The third kappa shape index (κ3) is 1.35. The lowest BCUT2D eigenvalue weighted by Crippen LogP contribution is -1.96. The Labute approximate surface area is 73.5 Å². The summed E-state index contributed by atoms with van der Waals surface area (Å²) in [6.45, 7) is 2.00. The van der Waals surface area contributed by atoms with E-state index in [0.29, 0.717) is 5.69 Å². The predicted molar refractivity (Wildman–Crippen MR) is 45.7 cm³/mol. The van der Waals surface area contributed by atoms with Crippen LogP contribution in [0.1, 0.15) is 23.1 Å². The van der Waals surface area contributed by atoms with Gasteiger partial charge in [-0.15, -0.1) is 0 Å². The molecule has 0 aliphatic carbocycles. The second-order valence-corrected chi connectivity index (χ2v) is 3.03. The van der Waals surface area contributed by atoms with Gasteiger partial charge in [-0.1, -0.05) is 6.92 Å². The molecule has 0 aliphatic rings. The number of carbonyl (C=O) groups is 1. The van der Waals surface area contributed by atoms with E-state index in [1.165, 1.54) is 0 Å². The number of halogens is 1. The van der Waals surface area contributed by atoms with E-state index >= 15 is 0 Å². The zero-order chi connectivity index (χ0) is 8.43. The third-order valence-corrected chi connectivity index (χ3v) is 2.41. The van der Waals surface area contributed by atoms with Crippen molar-refractivity contribution in [3.63, 3.8) is 0 Å². The fraction of sp³-hybridized carbons (Fsp3) is 0.429. The summed E-state index contributed by atoms with van der Waals surface area (Å²) in [6, 6.07) is 0. The first-order chi connectivity index (χ1) is 5.20. The Balaban J connectivity index is 3.24. The molecule has 1 rings (SSSR count). The van der Waals surface area contributed by atoms with Crippen molar-refractivity contribution in [2.24, 2.45) is 7.05 Å². The van der Waals surface area contributed by atoms with Crippen molar-refractivity contribution >= 4 is 22.2 Å². The lowest BCUT2D eigenvalue weighted by atomic mass is 10.3. The lowest BCUT2D eigenvalue weighted by molar-refractivity contribution is 0.111. The van der Waals surface area contributed by atoms with E-state index in [-0.39, 0.29) is 0 Å². The zero-order valence-corrected chi connectivity index (χ0v) is 8.05. The molecule has 0 saturated heterocycles. The fourth-order valence-corrected chi connectivity index (χ4v) is 1.63. The molecule has 1 aromatic heterocycles. The molecule has 0 aromatic carbocycles. The number of rotatable bonds is 2. The Bertz CT molecular complexity index is 280. The molecule has 1 heterocycles. The van der Waals surface area contributed by atoms with E-state index in [2.05, 4.69) is 21.0 Å². The highest BCUT2D eigenvalue weighted by atomic mass is 79.9. The molecule has 0 amide bonds. The summed E-state index contributed by atoms with van der Waals surface area (Å²) < 4.78 is 2.40. The van der Waals surface area contributed by atoms with Crippen molar-refractivity contribution in [3.8, 4) is 0 Å². The number of aromatic nitrogens is 2. The topological polar surface area (TPSA) is 34.9 Å². The minimum atomic E-state index is 0.599. The predicted octanol–water partition coefficient (Wildman–Crippen LogP) is 1.56. The molecule has 1 aromatic rings. The first-order valence-electron chi connectivity index (χ1n) is 3.37. The van der Waals surface area contributed by atoms with E-state index in [1.807, 2.05) is 6.92 Å². The van der Waals surface area contributed by atoms with Gasteiger partial charge >= 0.3 is 0 Å². The number of carbonyl (C=O) groups excluding carboxylic acids is 1. The van der Waals surface area contributed by atoms with Crippen molar-refractivity contribution in [1.82, 2.24) is 9.78 Å². The van der Waals surface area contributed by atoms with Crippen LogP contribution in [0.3, 0.4) is 0 Å². The zero-order valence-electron chi connectivity index (χ0n) is 6.47. The first-order valence-corrected chi connectivity index (χ1v) is 4.16. The summed E-state index contributed by atoms with van der Waals surface area (Å²) in [5.41, 5.74) is 1.52. The van der Waals surface area contributed by atoms with E-state index in [4.69, 9.17) is 0 Å². The van der Waals surface area contributed by atoms with Crippen LogP contribution in [0, 0.1) is 0 Å². The summed E-state index contributed by atoms with van der Waals surface area (Å²) in [5.74, 6) is 0. The first kappa shape index (κ1) is 8.46. The maximum absolute atomic E-state index is 10.5. The Morgan fingerprint density at radius 3 is 2.64 bits per heavy atom. The fourth-order valence-electron chi connectivity index (χ4n) is 0.923. The normalized spacial score (nSPS) is 10.1. The largest absolute Gasteiger partial charge is 0.296 e. The molecule has 0 aliphatic heterocycles. The summed E-state index contributed by atoms with van der Waals surface area (Å²) in [4.78, 5) is 10.5. The Hall–Kier alpha value is -0.640. The maximum Gasteiger partial charge on any atom is 0.169 e. The lowest BCUT2D eigenvalue weighted by Gasteiger charge is -1.88. The van der Waals surface area contributed by atoms with Crippen LogP contribution in [0.2, 0.25) is 0 Å².